The average Bonchev–Trinajstić information content (AvgIpc) is 1.27. The molecule has 28 atom stereocenters. The normalized spacial score (nSPS) is 36.4. The zero-order valence-electron chi connectivity index (χ0n) is 66.5. The Labute approximate surface area is 627 Å². The first-order valence-electron chi connectivity index (χ1n) is 36.8. The highest BCUT2D eigenvalue weighted by atomic mass is 35.5. The molecular weight excluding hydrogens is 1360 g/mol. The number of benzene rings is 3. The van der Waals surface area contributed by atoms with Gasteiger partial charge in [0.1, 0.15) is 150 Å². The van der Waals surface area contributed by atoms with E-state index in [1.165, 1.54) is 20.6 Å². The maximum absolute atomic E-state index is 9.60. The number of aliphatic hydroxyl groups is 7. The number of nitrogens with one attached hydrogen (secondary N) is 1. The molecule has 6 heterocycles. The van der Waals surface area contributed by atoms with Gasteiger partial charge in [-0.05, 0) is 95.3 Å². The van der Waals surface area contributed by atoms with Gasteiger partial charge in [-0.15, -0.1) is 11.6 Å². The van der Waals surface area contributed by atoms with Crippen LogP contribution in [0.2, 0.25) is 20.5 Å². The summed E-state index contributed by atoms with van der Waals surface area (Å²) in [7, 11) is 25.3. The molecule has 100 heavy (non-hydrogen) atoms. The number of ether oxygens (including phenoxy) is 9. The number of hydrogen-bond acceptors (Lipinski definition) is 22. The van der Waals surface area contributed by atoms with Gasteiger partial charge in [0.2, 0.25) is 0 Å². The van der Waals surface area contributed by atoms with Crippen molar-refractivity contribution in [2.75, 3.05) is 40.6 Å². The van der Waals surface area contributed by atoms with E-state index in [0.717, 1.165) is 54.1 Å². The van der Waals surface area contributed by atoms with Crippen molar-refractivity contribution in [1.82, 2.24) is 9.76 Å². The number of halogens is 1. The second-order valence-electron chi connectivity index (χ2n) is 24.2. The summed E-state index contributed by atoms with van der Waals surface area (Å²) in [5, 5.41) is 66.2. The van der Waals surface area contributed by atoms with Crippen LogP contribution in [-0.4, -0.2) is 319 Å². The zero-order chi connectivity index (χ0) is 80.4. The SMILES string of the molecule is COc1ccc(C(Cl)(c2ccccc2)c2ccc(OC)cc2)cc1.[2H][Si]([3H])([B]C)OC1C(C)[C@@H](C)O[C@@H]1[B].[2H][Si]([3H])([B]C)OC1C(O)[C@@H](C)O[C@@H]1[B].[2H][Si]([3H])([B]C)OC1C(OP(NCOCC)N(CCC)CCC)[C@@H](C)O[C@@H]1[B].[B][C@H]1O[C@H](C)C(C)C1O.[B][C@H]1O[C@H](C)C(O)C1O.[B][C@H]1O[C@H](O)C(O)C1O. The summed E-state index contributed by atoms with van der Waals surface area (Å²) >= 11 is 7.22. The fraction of sp³-hybridized carbons (Fsp3) is 0.719. The minimum Gasteiger partial charge on any atom is -0.497 e. The van der Waals surface area contributed by atoms with Crippen LogP contribution in [0, 0.1) is 11.8 Å². The predicted molar refractivity (Wildman–Crippen MR) is 408 cm³/mol. The smallest absolute Gasteiger partial charge is 0.187 e. The number of aliphatic hydroxyl groups excluding tert-OH is 7. The highest BCUT2D eigenvalue weighted by Crippen LogP contribution is 2.45. The Balaban J connectivity index is 0.000000335. The Kier molecular flexibility index (Phi) is 40.1. The third-order valence-corrected chi connectivity index (χ3v) is 21.2. The fourth-order valence-electron chi connectivity index (χ4n) is 10.5. The van der Waals surface area contributed by atoms with Crippen LogP contribution in [0.15, 0.2) is 78.9 Å². The summed E-state index contributed by atoms with van der Waals surface area (Å²) in [6, 6.07) is 21.7. The molecule has 22 nitrogen and oxygen atoms in total. The van der Waals surface area contributed by atoms with Gasteiger partial charge in [-0.3, -0.25) is 0 Å². The van der Waals surface area contributed by atoms with Crippen molar-refractivity contribution in [1.29, 1.82) is 7.41 Å². The number of rotatable bonds is 25. The molecule has 8 N–H and O–H groups in total. The van der Waals surface area contributed by atoms with Gasteiger partial charge in [-0.2, -0.15) is 0 Å². The minimum atomic E-state index is -3.41. The van der Waals surface area contributed by atoms with Crippen molar-refractivity contribution in [2.45, 2.75) is 241 Å². The first kappa shape index (κ1) is 82.5. The molecule has 16 unspecified atom stereocenters. The van der Waals surface area contributed by atoms with Gasteiger partial charge in [0.05, 0.1) is 75.3 Å². The van der Waals surface area contributed by atoms with Crippen molar-refractivity contribution in [2.24, 2.45) is 11.8 Å². The quantitative estimate of drug-likeness (QED) is 0.0145. The van der Waals surface area contributed by atoms with E-state index in [9.17, 15) is 10.2 Å². The van der Waals surface area contributed by atoms with Crippen LogP contribution in [-0.2, 0) is 55.8 Å². The van der Waals surface area contributed by atoms with E-state index in [-0.39, 0.29) is 42.4 Å². The van der Waals surface area contributed by atoms with Gasteiger partial charge < -0.3 is 96.2 Å². The summed E-state index contributed by atoms with van der Waals surface area (Å²) in [6.07, 6.45) is -7.97. The molecule has 0 aliphatic carbocycles. The molecule has 545 valence electrons. The van der Waals surface area contributed by atoms with Gasteiger partial charge in [0, 0.05) is 75.0 Å². The number of nitrogens with zero attached hydrogens (tertiary/aromatic N) is 1. The molecule has 0 saturated carbocycles. The lowest BCUT2D eigenvalue weighted by Crippen LogP contribution is -2.40. The molecule has 0 spiro atoms. The van der Waals surface area contributed by atoms with Gasteiger partial charge in [-0.1, -0.05) is 103 Å². The second-order valence-corrected chi connectivity index (χ2v) is 29.6. The number of hydrogen-bond donors (Lipinski definition) is 8. The summed E-state index contributed by atoms with van der Waals surface area (Å²) in [6.45, 7) is 31.4. The lowest BCUT2D eigenvalue weighted by molar-refractivity contribution is -0.116. The molecular formula is C64H108B9ClN2O20PSi3. The molecule has 3 aromatic carbocycles. The lowest BCUT2D eigenvalue weighted by atomic mass is 9.84. The van der Waals surface area contributed by atoms with Crippen LogP contribution in [0.4, 0.5) is 0 Å². The van der Waals surface area contributed by atoms with E-state index in [1.807, 2.05) is 120 Å². The van der Waals surface area contributed by atoms with Crippen LogP contribution in [0.3, 0.4) is 0 Å². The molecule has 6 saturated heterocycles. The van der Waals surface area contributed by atoms with Crippen molar-refractivity contribution in [3.63, 3.8) is 0 Å². The van der Waals surface area contributed by atoms with E-state index in [2.05, 4.69) is 28.3 Å². The molecule has 9 rings (SSSR count). The van der Waals surface area contributed by atoms with Crippen LogP contribution < -0.4 is 14.6 Å². The highest BCUT2D eigenvalue weighted by Gasteiger charge is 2.45. The number of alkyl halides is 1. The third kappa shape index (κ3) is 28.5. The topological polar surface area (TPSA) is 277 Å². The molecule has 0 aromatic heterocycles. The molecule has 0 amide bonds. The Hall–Kier alpha value is -1.58. The van der Waals surface area contributed by atoms with Crippen LogP contribution in [0.1, 0.15) is 98.8 Å². The maximum atomic E-state index is 9.60. The van der Waals surface area contributed by atoms with E-state index in [4.69, 9.17) is 147 Å². The molecule has 6 aliphatic rings. The summed E-state index contributed by atoms with van der Waals surface area (Å²) in [4.78, 5) is -0.778. The van der Waals surface area contributed by atoms with Gasteiger partial charge in [-0.25, -0.2) is 9.76 Å². The van der Waals surface area contributed by atoms with Crippen LogP contribution in [0.25, 0.3) is 0 Å². The van der Waals surface area contributed by atoms with Crippen LogP contribution >= 0.6 is 20.1 Å². The Morgan fingerprint density at radius 1 is 0.520 bits per heavy atom. The monoisotopic (exact) mass is 1480 g/mol. The molecule has 36 heteroatoms. The highest BCUT2D eigenvalue weighted by molar-refractivity contribution is 7.47. The third-order valence-electron chi connectivity index (χ3n) is 16.8. The standard InChI is InChI=1S/C21H19ClO2.C15H34B2N2O4PSi.C7H15B2O2Si.C6H13B2O3Si.C6H11BO2.C5H9BO3.C4H7BO4/c1-23-19-12-8-17(9-13-19)21(22,16-6-4-3-5-7-16)18-10-14-20(24-2)15-11-18;1-6-9-19(10-7-2)24(18-11-20-8-3)22-13-12(4)21-15(16)14(13)23-25-17-5;1-4-5(2)10-7(8)6(4)11-12-9-3;1-3-4(9)5(6(7)10-3)11-12-8-2;1-3-4(2)9-6(7)5(3)8;1-2-3(7)4(8)5(6)9-2;5-3-1(6)2(7)4(8)9-3/h3-15H,1-2H3;12-15,18H,6-11,25H2,1-5H3;4-7H,12H2,1-3H3;3-6,9H,12H2,1-2H3;3-6,8H,1-2H3;2-5,7-8H,1H3;1-4,6-8H/t;12-,13?,14?,15+,24?;4?,5-,6?,7+;3-,4?,5?,6+;3?,4-,5?,6+;2-,3?,4?,5+;1?,2?,3-,4-/m.111110/s1/i;25TD;2*12TD;;;/t;12-,13?,14?,15+,24?,25?;4?,5-,6?,7+,12?;3-,4?,5?,6+,12?;;;. The average molecular weight is 1480 g/mol. The van der Waals surface area contributed by atoms with Crippen LogP contribution in [0.5, 0.6) is 11.5 Å². The molecule has 6 fully saturated rings. The Morgan fingerprint density at radius 3 is 1.26 bits per heavy atom. The maximum Gasteiger partial charge on any atom is 0.187 e. The largest absolute Gasteiger partial charge is 0.497 e. The summed E-state index contributed by atoms with van der Waals surface area (Å²) in [5.74, 6) is 1.92. The first-order valence-corrected chi connectivity index (χ1v) is 38.4. The van der Waals surface area contributed by atoms with E-state index in [1.54, 1.807) is 48.5 Å². The van der Waals surface area contributed by atoms with Gasteiger partial charge in [0.15, 0.2) is 14.7 Å². The van der Waals surface area contributed by atoms with Gasteiger partial charge >= 0.3 is 0 Å². The fourth-order valence-corrected chi connectivity index (χ4v) is 14.5. The van der Waals surface area contributed by atoms with E-state index < -0.39 is 145 Å². The molecule has 6 aliphatic heterocycles. The van der Waals surface area contributed by atoms with Crippen molar-refractivity contribution < 1.29 is 96.2 Å². The molecule has 0 bridgehead atoms. The Bertz CT molecular complexity index is 2720. The van der Waals surface area contributed by atoms with E-state index in [0.29, 0.717) is 13.3 Å². The van der Waals surface area contributed by atoms with Crippen molar-refractivity contribution in [3.8, 4) is 11.5 Å². The van der Waals surface area contributed by atoms with Gasteiger partial charge in [0.25, 0.3) is 0 Å². The van der Waals surface area contributed by atoms with Crippen molar-refractivity contribution >= 4 is 116 Å². The summed E-state index contributed by atoms with van der Waals surface area (Å²) in [5.41, 5.74) is 2.99. The lowest BCUT2D eigenvalue weighted by Gasteiger charge is -2.34. The minimum absolute atomic E-state index is 0.0386. The first-order chi connectivity index (χ1) is 49.6. The Morgan fingerprint density at radius 2 is 0.920 bits per heavy atom. The summed E-state index contributed by atoms with van der Waals surface area (Å²) < 4.78 is 118. The molecule has 15 radical (unpaired) electrons. The predicted octanol–water partition coefficient (Wildman–Crippen LogP) is 0.727. The van der Waals surface area contributed by atoms with E-state index >= 15 is 0 Å². The zero-order valence-corrected chi connectivity index (χ0v) is 65.2. The second kappa shape index (κ2) is 48.7. The molecule has 3 aromatic rings. The number of methoxy groups -OCH3 is 2. The van der Waals surface area contributed by atoms with Crippen molar-refractivity contribution in [3.05, 3.63) is 95.6 Å².